The Morgan fingerprint density at radius 1 is 1.39 bits per heavy atom. The fourth-order valence-corrected chi connectivity index (χ4v) is 2.19. The predicted octanol–water partition coefficient (Wildman–Crippen LogP) is 4.06. The van der Waals surface area contributed by atoms with Gasteiger partial charge in [0.15, 0.2) is 5.78 Å². The minimum absolute atomic E-state index is 0.0200. The topological polar surface area (TPSA) is 30.0 Å². The number of Topliss-reactive ketones (excluding diaryl/α,β-unsaturated/α-hetero) is 1. The molecule has 0 radical (unpaired) electrons. The first-order valence-corrected chi connectivity index (χ1v) is 6.32. The number of carbonyl (C=O) groups excluding carboxylic acids is 1. The van der Waals surface area contributed by atoms with E-state index in [1.807, 2.05) is 0 Å². The molecule has 1 aromatic carbocycles. The van der Waals surface area contributed by atoms with Crippen LogP contribution in [0.5, 0.6) is 0 Å². The van der Waals surface area contributed by atoms with Crippen molar-refractivity contribution in [2.45, 2.75) is 6.42 Å². The Bertz CT molecular complexity index is 603. The highest BCUT2D eigenvalue weighted by Gasteiger charge is 2.14. The van der Waals surface area contributed by atoms with E-state index < -0.39 is 5.82 Å². The number of halogens is 3. The summed E-state index contributed by atoms with van der Waals surface area (Å²) in [7, 11) is 0. The fourth-order valence-electron chi connectivity index (χ4n) is 1.53. The Morgan fingerprint density at radius 3 is 2.89 bits per heavy atom. The molecule has 0 aliphatic rings. The van der Waals surface area contributed by atoms with Crippen LogP contribution in [0.15, 0.2) is 41.0 Å². The zero-order valence-electron chi connectivity index (χ0n) is 9.16. The molecule has 1 heterocycles. The Labute approximate surface area is 117 Å². The number of benzene rings is 1. The van der Waals surface area contributed by atoms with Gasteiger partial charge in [-0.25, -0.2) is 4.39 Å². The van der Waals surface area contributed by atoms with Gasteiger partial charge in [0.1, 0.15) is 11.5 Å². The van der Waals surface area contributed by atoms with Crippen LogP contribution < -0.4 is 0 Å². The van der Waals surface area contributed by atoms with Gasteiger partial charge in [0, 0.05) is 22.1 Å². The fraction of sp³-hybridized carbons (Fsp3) is 0.0769. The van der Waals surface area contributed by atoms with Gasteiger partial charge in [-0.05, 0) is 51.8 Å². The van der Waals surface area contributed by atoms with Gasteiger partial charge < -0.3 is 0 Å². The van der Waals surface area contributed by atoms with Crippen LogP contribution in [-0.2, 0) is 6.42 Å². The molecule has 5 heteroatoms. The Morgan fingerprint density at radius 2 is 2.17 bits per heavy atom. The van der Waals surface area contributed by atoms with E-state index >= 15 is 0 Å². The third-order valence-electron chi connectivity index (χ3n) is 2.38. The third kappa shape index (κ3) is 2.94. The molecule has 18 heavy (non-hydrogen) atoms. The molecule has 0 aliphatic carbocycles. The Kier molecular flexibility index (Phi) is 4.09. The van der Waals surface area contributed by atoms with Gasteiger partial charge in [0.2, 0.25) is 0 Å². The van der Waals surface area contributed by atoms with Crippen LogP contribution in [0.25, 0.3) is 0 Å². The summed E-state index contributed by atoms with van der Waals surface area (Å²) < 4.78 is 13.7. The van der Waals surface area contributed by atoms with Crippen molar-refractivity contribution in [2.24, 2.45) is 0 Å². The van der Waals surface area contributed by atoms with Crippen molar-refractivity contribution in [1.82, 2.24) is 4.98 Å². The van der Waals surface area contributed by atoms with Crippen LogP contribution in [0.2, 0.25) is 5.02 Å². The summed E-state index contributed by atoms with van der Waals surface area (Å²) in [5.74, 6) is -0.628. The van der Waals surface area contributed by atoms with Crippen LogP contribution in [-0.4, -0.2) is 10.8 Å². The van der Waals surface area contributed by atoms with Crippen LogP contribution in [0.1, 0.15) is 16.1 Å². The molecule has 0 saturated heterocycles. The van der Waals surface area contributed by atoms with Crippen molar-refractivity contribution >= 4 is 33.3 Å². The molecule has 0 bridgehead atoms. The number of hydrogen-bond acceptors (Lipinski definition) is 2. The number of rotatable bonds is 3. The first-order chi connectivity index (χ1) is 8.58. The standard InChI is InChI=1S/C13H8BrClFNO/c14-10-2-1-5-17-13(10)12(18)7-8-6-9(16)3-4-11(8)15/h1-6H,7H2. The van der Waals surface area contributed by atoms with Crippen LogP contribution in [0.4, 0.5) is 4.39 Å². The van der Waals surface area contributed by atoms with E-state index in [-0.39, 0.29) is 12.2 Å². The molecule has 0 saturated carbocycles. The van der Waals surface area contributed by atoms with Crippen molar-refractivity contribution in [3.8, 4) is 0 Å². The van der Waals surface area contributed by atoms with E-state index in [4.69, 9.17) is 11.6 Å². The van der Waals surface area contributed by atoms with Gasteiger partial charge in [0.05, 0.1) is 0 Å². The Balaban J connectivity index is 2.27. The molecule has 2 aromatic rings. The minimum atomic E-state index is -0.415. The summed E-state index contributed by atoms with van der Waals surface area (Å²) in [4.78, 5) is 16.0. The van der Waals surface area contributed by atoms with E-state index in [1.165, 1.54) is 24.4 Å². The number of pyridine rings is 1. The van der Waals surface area contributed by atoms with Crippen LogP contribution in [0, 0.1) is 5.82 Å². The lowest BCUT2D eigenvalue weighted by Crippen LogP contribution is -2.07. The van der Waals surface area contributed by atoms with Crippen molar-refractivity contribution in [1.29, 1.82) is 0 Å². The number of hydrogen-bond donors (Lipinski definition) is 0. The second-order valence-corrected chi connectivity index (χ2v) is 4.93. The average molecular weight is 329 g/mol. The van der Waals surface area contributed by atoms with Crippen LogP contribution in [0.3, 0.4) is 0 Å². The molecule has 2 rings (SSSR count). The molecule has 0 unspecified atom stereocenters. The van der Waals surface area contributed by atoms with E-state index in [0.717, 1.165) is 0 Å². The van der Waals surface area contributed by atoms with E-state index in [2.05, 4.69) is 20.9 Å². The molecule has 1 aromatic heterocycles. The van der Waals surface area contributed by atoms with Gasteiger partial charge in [0.25, 0.3) is 0 Å². The first-order valence-electron chi connectivity index (χ1n) is 5.15. The van der Waals surface area contributed by atoms with Gasteiger partial charge in [-0.15, -0.1) is 0 Å². The maximum atomic E-state index is 13.1. The summed E-state index contributed by atoms with van der Waals surface area (Å²) in [6, 6.07) is 7.40. The maximum absolute atomic E-state index is 13.1. The van der Waals surface area contributed by atoms with Crippen molar-refractivity contribution < 1.29 is 9.18 Å². The maximum Gasteiger partial charge on any atom is 0.186 e. The largest absolute Gasteiger partial charge is 0.292 e. The minimum Gasteiger partial charge on any atom is -0.292 e. The molecular formula is C13H8BrClFNO. The lowest BCUT2D eigenvalue weighted by Gasteiger charge is -2.05. The summed E-state index contributed by atoms with van der Waals surface area (Å²) in [6.07, 6.45) is 1.55. The summed E-state index contributed by atoms with van der Waals surface area (Å²) in [6.45, 7) is 0. The van der Waals surface area contributed by atoms with Crippen LogP contribution >= 0.6 is 27.5 Å². The summed E-state index contributed by atoms with van der Waals surface area (Å²) in [5, 5.41) is 0.372. The monoisotopic (exact) mass is 327 g/mol. The van der Waals surface area contributed by atoms with Gasteiger partial charge in [-0.3, -0.25) is 9.78 Å². The van der Waals surface area contributed by atoms with Crippen molar-refractivity contribution in [3.05, 3.63) is 63.1 Å². The van der Waals surface area contributed by atoms with Gasteiger partial charge in [-0.2, -0.15) is 0 Å². The molecule has 0 spiro atoms. The molecule has 0 N–H and O–H groups in total. The molecule has 92 valence electrons. The predicted molar refractivity (Wildman–Crippen MR) is 71.4 cm³/mol. The quantitative estimate of drug-likeness (QED) is 0.795. The zero-order valence-corrected chi connectivity index (χ0v) is 11.5. The molecular weight excluding hydrogens is 321 g/mol. The SMILES string of the molecule is O=C(Cc1cc(F)ccc1Cl)c1ncccc1Br. The smallest absolute Gasteiger partial charge is 0.186 e. The summed E-state index contributed by atoms with van der Waals surface area (Å²) in [5.41, 5.74) is 0.775. The highest BCUT2D eigenvalue weighted by Crippen LogP contribution is 2.21. The zero-order chi connectivity index (χ0) is 13.1. The molecule has 2 nitrogen and oxygen atoms in total. The highest BCUT2D eigenvalue weighted by atomic mass is 79.9. The number of ketones is 1. The lowest BCUT2D eigenvalue weighted by molar-refractivity contribution is 0.0987. The highest BCUT2D eigenvalue weighted by molar-refractivity contribution is 9.10. The van der Waals surface area contributed by atoms with E-state index in [9.17, 15) is 9.18 Å². The van der Waals surface area contributed by atoms with E-state index in [1.54, 1.807) is 12.1 Å². The molecule has 0 amide bonds. The second-order valence-electron chi connectivity index (χ2n) is 3.67. The molecule has 0 atom stereocenters. The third-order valence-corrected chi connectivity index (χ3v) is 3.39. The number of nitrogens with zero attached hydrogens (tertiary/aromatic N) is 1. The molecule has 0 aliphatic heterocycles. The van der Waals surface area contributed by atoms with E-state index in [0.29, 0.717) is 20.8 Å². The van der Waals surface area contributed by atoms with Crippen molar-refractivity contribution in [2.75, 3.05) is 0 Å². The van der Waals surface area contributed by atoms with Gasteiger partial charge in [-0.1, -0.05) is 11.6 Å². The second kappa shape index (κ2) is 5.59. The molecule has 0 fully saturated rings. The number of carbonyl (C=O) groups is 1. The van der Waals surface area contributed by atoms with Crippen molar-refractivity contribution in [3.63, 3.8) is 0 Å². The number of aromatic nitrogens is 1. The summed E-state index contributed by atoms with van der Waals surface area (Å²) >= 11 is 9.17. The lowest BCUT2D eigenvalue weighted by atomic mass is 10.1. The first kappa shape index (κ1) is 13.2. The van der Waals surface area contributed by atoms with Gasteiger partial charge >= 0.3 is 0 Å². The normalized spacial score (nSPS) is 10.4. The Hall–Kier alpha value is -1.26. The average Bonchev–Trinajstić information content (AvgIpc) is 2.34.